The molecule has 3 aromatic rings. The third kappa shape index (κ3) is 0.973. The van der Waals surface area contributed by atoms with Gasteiger partial charge in [-0.25, -0.2) is 0 Å². The molecule has 74 valence electrons. The van der Waals surface area contributed by atoms with Crippen molar-refractivity contribution in [1.82, 2.24) is 9.71 Å². The summed E-state index contributed by atoms with van der Waals surface area (Å²) in [6.07, 6.45) is 1.77. The van der Waals surface area contributed by atoms with Crippen LogP contribution in [0.25, 0.3) is 21.8 Å². The molecule has 15 heavy (non-hydrogen) atoms. The highest BCUT2D eigenvalue weighted by molar-refractivity contribution is 6.08. The molecular formula is C12H10N2O. The molecule has 3 rings (SSSR count). The summed E-state index contributed by atoms with van der Waals surface area (Å²) in [4.78, 5) is 4.18. The average Bonchev–Trinajstić information content (AvgIpc) is 2.55. The Morgan fingerprint density at radius 2 is 1.93 bits per heavy atom. The molecule has 0 atom stereocenters. The summed E-state index contributed by atoms with van der Waals surface area (Å²) in [5.41, 5.74) is 2.45. The van der Waals surface area contributed by atoms with Crippen molar-refractivity contribution < 1.29 is 5.21 Å². The van der Waals surface area contributed by atoms with Gasteiger partial charge in [-0.3, -0.25) is 4.98 Å². The highest BCUT2D eigenvalue weighted by Gasteiger charge is 2.10. The molecule has 0 aliphatic heterocycles. The molecule has 1 N–H and O–H groups in total. The molecule has 1 aromatic carbocycles. The minimum atomic E-state index is 0.790. The van der Waals surface area contributed by atoms with Gasteiger partial charge in [-0.15, -0.1) is 0 Å². The Balaban J connectivity index is 2.69. The van der Waals surface area contributed by atoms with Crippen molar-refractivity contribution in [2.24, 2.45) is 0 Å². The van der Waals surface area contributed by atoms with Gasteiger partial charge in [0.15, 0.2) is 0 Å². The van der Waals surface area contributed by atoms with E-state index in [2.05, 4.69) is 4.98 Å². The fourth-order valence-electron chi connectivity index (χ4n) is 2.05. The number of aromatic nitrogens is 2. The van der Waals surface area contributed by atoms with E-state index in [1.54, 1.807) is 6.20 Å². The number of hydrogen-bond donors (Lipinski definition) is 1. The lowest BCUT2D eigenvalue weighted by Gasteiger charge is -1.97. The van der Waals surface area contributed by atoms with E-state index >= 15 is 0 Å². The van der Waals surface area contributed by atoms with Crippen LogP contribution in [0.2, 0.25) is 0 Å². The van der Waals surface area contributed by atoms with Gasteiger partial charge >= 0.3 is 0 Å². The standard InChI is InChI=1S/C12H10N2O/c1-8-12-10(6-7-13-8)9-4-2-3-5-11(9)14(12)15/h2-7,15H,1H3. The molecule has 2 heterocycles. The van der Waals surface area contributed by atoms with E-state index in [9.17, 15) is 5.21 Å². The van der Waals surface area contributed by atoms with Crippen molar-refractivity contribution in [2.45, 2.75) is 6.92 Å². The molecule has 0 saturated heterocycles. The first kappa shape index (κ1) is 8.29. The summed E-state index contributed by atoms with van der Waals surface area (Å²) in [5, 5.41) is 12.1. The predicted octanol–water partition coefficient (Wildman–Crippen LogP) is 2.74. The second-order valence-corrected chi connectivity index (χ2v) is 3.62. The zero-order valence-electron chi connectivity index (χ0n) is 8.31. The Morgan fingerprint density at radius 1 is 1.13 bits per heavy atom. The van der Waals surface area contributed by atoms with Crippen LogP contribution >= 0.6 is 0 Å². The van der Waals surface area contributed by atoms with E-state index in [-0.39, 0.29) is 0 Å². The van der Waals surface area contributed by atoms with Crippen molar-refractivity contribution in [3.8, 4) is 0 Å². The van der Waals surface area contributed by atoms with Crippen LogP contribution in [0.5, 0.6) is 0 Å². The van der Waals surface area contributed by atoms with Crippen LogP contribution in [0.4, 0.5) is 0 Å². The summed E-state index contributed by atoms with van der Waals surface area (Å²) in [7, 11) is 0. The van der Waals surface area contributed by atoms with Crippen molar-refractivity contribution >= 4 is 21.8 Å². The first-order chi connectivity index (χ1) is 7.29. The third-order valence-corrected chi connectivity index (χ3v) is 2.74. The Labute approximate surface area is 86.5 Å². The third-order valence-electron chi connectivity index (χ3n) is 2.74. The molecule has 0 aliphatic carbocycles. The number of benzene rings is 1. The second kappa shape index (κ2) is 2.73. The maximum atomic E-state index is 10.0. The molecule has 0 fully saturated rings. The van der Waals surface area contributed by atoms with Gasteiger partial charge < -0.3 is 5.21 Å². The monoisotopic (exact) mass is 198 g/mol. The van der Waals surface area contributed by atoms with Crippen LogP contribution in [0, 0.1) is 6.92 Å². The van der Waals surface area contributed by atoms with Crippen LogP contribution in [-0.4, -0.2) is 14.9 Å². The average molecular weight is 198 g/mol. The molecule has 3 nitrogen and oxygen atoms in total. The minimum absolute atomic E-state index is 0.790. The Bertz CT molecular complexity index is 655. The fraction of sp³-hybridized carbons (Fsp3) is 0.0833. The first-order valence-electron chi connectivity index (χ1n) is 4.83. The van der Waals surface area contributed by atoms with Crippen molar-refractivity contribution in [1.29, 1.82) is 0 Å². The smallest absolute Gasteiger partial charge is 0.109 e. The van der Waals surface area contributed by atoms with E-state index < -0.39 is 0 Å². The summed E-state index contributed by atoms with van der Waals surface area (Å²) in [5.74, 6) is 0. The number of pyridine rings is 1. The summed E-state index contributed by atoms with van der Waals surface area (Å²) in [6.45, 7) is 1.90. The van der Waals surface area contributed by atoms with Crippen molar-refractivity contribution in [2.75, 3.05) is 0 Å². The zero-order chi connectivity index (χ0) is 10.4. The topological polar surface area (TPSA) is 38.0 Å². The van der Waals surface area contributed by atoms with E-state index in [1.165, 1.54) is 4.73 Å². The zero-order valence-corrected chi connectivity index (χ0v) is 8.31. The van der Waals surface area contributed by atoms with Gasteiger partial charge in [-0.1, -0.05) is 18.2 Å². The molecule has 0 saturated carbocycles. The number of rotatable bonds is 0. The number of fused-ring (bicyclic) bond motifs is 3. The first-order valence-corrected chi connectivity index (χ1v) is 4.83. The number of nitrogens with zero attached hydrogens (tertiary/aromatic N) is 2. The summed E-state index contributed by atoms with van der Waals surface area (Å²) < 4.78 is 1.22. The maximum Gasteiger partial charge on any atom is 0.109 e. The molecule has 2 aromatic heterocycles. The van der Waals surface area contributed by atoms with Gasteiger partial charge in [0.25, 0.3) is 0 Å². The van der Waals surface area contributed by atoms with Crippen LogP contribution < -0.4 is 0 Å². The quantitative estimate of drug-likeness (QED) is 0.564. The highest BCUT2D eigenvalue weighted by Crippen LogP contribution is 2.28. The maximum absolute atomic E-state index is 10.0. The van der Waals surface area contributed by atoms with Gasteiger partial charge in [-0.05, 0) is 19.1 Å². The summed E-state index contributed by atoms with van der Waals surface area (Å²) in [6, 6.07) is 9.71. The van der Waals surface area contributed by atoms with Crippen LogP contribution in [0.15, 0.2) is 36.5 Å². The predicted molar refractivity (Wildman–Crippen MR) is 59.2 cm³/mol. The van der Waals surface area contributed by atoms with Crippen molar-refractivity contribution in [3.05, 3.63) is 42.2 Å². The van der Waals surface area contributed by atoms with E-state index in [0.29, 0.717) is 0 Å². The van der Waals surface area contributed by atoms with E-state index in [0.717, 1.165) is 27.5 Å². The molecule has 3 heteroatoms. The van der Waals surface area contributed by atoms with Gasteiger partial charge in [0.2, 0.25) is 0 Å². The number of para-hydroxylation sites is 1. The van der Waals surface area contributed by atoms with E-state index in [4.69, 9.17) is 0 Å². The van der Waals surface area contributed by atoms with Gasteiger partial charge in [0.05, 0.1) is 11.2 Å². The molecule has 0 unspecified atom stereocenters. The molecule has 0 radical (unpaired) electrons. The Kier molecular flexibility index (Phi) is 1.51. The highest BCUT2D eigenvalue weighted by atomic mass is 16.5. The van der Waals surface area contributed by atoms with Crippen molar-refractivity contribution in [3.63, 3.8) is 0 Å². The van der Waals surface area contributed by atoms with Gasteiger partial charge in [0, 0.05) is 17.0 Å². The molecule has 0 aliphatic rings. The SMILES string of the molecule is Cc1nccc2c3ccccc3n(O)c12. The minimum Gasteiger partial charge on any atom is -0.428 e. The summed E-state index contributed by atoms with van der Waals surface area (Å²) >= 11 is 0. The van der Waals surface area contributed by atoms with E-state index in [1.807, 2.05) is 37.3 Å². The van der Waals surface area contributed by atoms with Gasteiger partial charge in [-0.2, -0.15) is 4.73 Å². The second-order valence-electron chi connectivity index (χ2n) is 3.62. The molecule has 0 spiro atoms. The van der Waals surface area contributed by atoms with Crippen LogP contribution in [0.1, 0.15) is 5.69 Å². The lowest BCUT2D eigenvalue weighted by molar-refractivity contribution is 0.212. The largest absolute Gasteiger partial charge is 0.428 e. The lowest BCUT2D eigenvalue weighted by atomic mass is 10.2. The fourth-order valence-corrected chi connectivity index (χ4v) is 2.05. The van der Waals surface area contributed by atoms with Crippen LogP contribution in [0.3, 0.4) is 0 Å². The van der Waals surface area contributed by atoms with Gasteiger partial charge in [0.1, 0.15) is 5.52 Å². The lowest BCUT2D eigenvalue weighted by Crippen LogP contribution is -1.92. The number of aryl methyl sites for hydroxylation is 1. The number of hydrogen-bond acceptors (Lipinski definition) is 2. The van der Waals surface area contributed by atoms with Crippen LogP contribution in [-0.2, 0) is 0 Å². The normalized spacial score (nSPS) is 11.3. The Hall–Kier alpha value is -2.03. The Morgan fingerprint density at radius 3 is 2.80 bits per heavy atom. The molecule has 0 bridgehead atoms. The molecular weight excluding hydrogens is 188 g/mol. The molecule has 0 amide bonds.